The van der Waals surface area contributed by atoms with Crippen molar-refractivity contribution < 1.29 is 19.7 Å². The zero-order valence-electron chi connectivity index (χ0n) is 14.0. The molecule has 0 aliphatic carbocycles. The number of hydrogen-bond donors (Lipinski definition) is 3. The number of phenolic OH excluding ortho intramolecular Hbond substituents is 1. The highest BCUT2D eigenvalue weighted by molar-refractivity contribution is 5.79. The third-order valence-corrected chi connectivity index (χ3v) is 3.71. The number of hydrogen-bond acceptors (Lipinski definition) is 4. The Morgan fingerprint density at radius 3 is 2.46 bits per heavy atom. The lowest BCUT2D eigenvalue weighted by molar-refractivity contribution is -0.121. The van der Waals surface area contributed by atoms with Crippen molar-refractivity contribution in [1.29, 1.82) is 0 Å². The van der Waals surface area contributed by atoms with Crippen LogP contribution >= 0.6 is 0 Å². The SMILES string of the molecule is Cc1cccc(C)c1OCC(O)CNC(=O)Cc1ccccc1O. The van der Waals surface area contributed by atoms with E-state index in [0.717, 1.165) is 16.9 Å². The molecule has 0 radical (unpaired) electrons. The highest BCUT2D eigenvalue weighted by Crippen LogP contribution is 2.22. The van der Waals surface area contributed by atoms with Gasteiger partial charge in [0.1, 0.15) is 24.2 Å². The Bertz CT molecular complexity index is 679. The molecule has 1 unspecified atom stereocenters. The minimum absolute atomic E-state index is 0.0666. The van der Waals surface area contributed by atoms with E-state index >= 15 is 0 Å². The summed E-state index contributed by atoms with van der Waals surface area (Å²) >= 11 is 0. The summed E-state index contributed by atoms with van der Waals surface area (Å²) in [7, 11) is 0. The van der Waals surface area contributed by atoms with Gasteiger partial charge in [-0.1, -0.05) is 36.4 Å². The van der Waals surface area contributed by atoms with E-state index in [0.29, 0.717) is 5.56 Å². The number of aliphatic hydroxyl groups is 1. The second kappa shape index (κ2) is 8.36. The van der Waals surface area contributed by atoms with Crippen LogP contribution in [0.1, 0.15) is 16.7 Å². The van der Waals surface area contributed by atoms with Gasteiger partial charge in [0.2, 0.25) is 5.91 Å². The number of carbonyl (C=O) groups excluding carboxylic acids is 1. The van der Waals surface area contributed by atoms with Crippen molar-refractivity contribution >= 4 is 5.91 Å². The molecule has 0 saturated heterocycles. The van der Waals surface area contributed by atoms with E-state index in [-0.39, 0.29) is 31.2 Å². The predicted molar refractivity (Wildman–Crippen MR) is 92.2 cm³/mol. The highest BCUT2D eigenvalue weighted by atomic mass is 16.5. The molecule has 2 aromatic rings. The summed E-state index contributed by atoms with van der Waals surface area (Å²) in [5.74, 6) is 0.589. The number of para-hydroxylation sites is 2. The Hall–Kier alpha value is -2.53. The zero-order chi connectivity index (χ0) is 17.5. The average Bonchev–Trinajstić information content (AvgIpc) is 2.54. The summed E-state index contributed by atoms with van der Waals surface area (Å²) in [6.07, 6.45) is -0.741. The first-order chi connectivity index (χ1) is 11.5. The molecule has 24 heavy (non-hydrogen) atoms. The van der Waals surface area contributed by atoms with Crippen LogP contribution in [0.2, 0.25) is 0 Å². The Balaban J connectivity index is 1.78. The van der Waals surface area contributed by atoms with Gasteiger partial charge in [-0.2, -0.15) is 0 Å². The van der Waals surface area contributed by atoms with Crippen molar-refractivity contribution in [3.8, 4) is 11.5 Å². The number of aryl methyl sites for hydroxylation is 2. The van der Waals surface area contributed by atoms with Crippen molar-refractivity contribution in [3.05, 3.63) is 59.2 Å². The van der Waals surface area contributed by atoms with E-state index in [9.17, 15) is 15.0 Å². The number of ether oxygens (including phenoxy) is 1. The van der Waals surface area contributed by atoms with Crippen LogP contribution in [0.15, 0.2) is 42.5 Å². The Morgan fingerprint density at radius 2 is 1.79 bits per heavy atom. The van der Waals surface area contributed by atoms with Gasteiger partial charge in [0, 0.05) is 12.1 Å². The highest BCUT2D eigenvalue weighted by Gasteiger charge is 2.11. The van der Waals surface area contributed by atoms with E-state index in [2.05, 4.69) is 5.32 Å². The van der Waals surface area contributed by atoms with Gasteiger partial charge in [-0.15, -0.1) is 0 Å². The number of aromatic hydroxyl groups is 1. The number of nitrogens with one attached hydrogen (secondary N) is 1. The molecule has 5 heteroatoms. The maximum atomic E-state index is 11.9. The maximum Gasteiger partial charge on any atom is 0.224 e. The zero-order valence-corrected chi connectivity index (χ0v) is 14.0. The van der Waals surface area contributed by atoms with Gasteiger partial charge in [0.25, 0.3) is 0 Å². The van der Waals surface area contributed by atoms with E-state index < -0.39 is 6.10 Å². The number of rotatable bonds is 7. The quantitative estimate of drug-likeness (QED) is 0.727. The van der Waals surface area contributed by atoms with E-state index in [1.807, 2.05) is 32.0 Å². The Labute approximate surface area is 141 Å². The molecule has 2 aromatic carbocycles. The fourth-order valence-electron chi connectivity index (χ4n) is 2.39. The van der Waals surface area contributed by atoms with E-state index in [1.165, 1.54) is 6.07 Å². The van der Waals surface area contributed by atoms with Crippen molar-refractivity contribution in [2.75, 3.05) is 13.2 Å². The Kier molecular flexibility index (Phi) is 6.21. The number of aliphatic hydroxyl groups excluding tert-OH is 1. The molecule has 128 valence electrons. The first-order valence-electron chi connectivity index (χ1n) is 7.88. The van der Waals surface area contributed by atoms with Crippen LogP contribution in [-0.2, 0) is 11.2 Å². The van der Waals surface area contributed by atoms with Gasteiger partial charge in [0.05, 0.1) is 6.42 Å². The second-order valence-corrected chi connectivity index (χ2v) is 5.80. The summed E-state index contributed by atoms with van der Waals surface area (Å²) in [6, 6.07) is 12.5. The number of carbonyl (C=O) groups is 1. The summed E-state index contributed by atoms with van der Waals surface area (Å²) in [5.41, 5.74) is 2.56. The molecule has 0 aromatic heterocycles. The molecule has 0 saturated carbocycles. The van der Waals surface area contributed by atoms with E-state index in [4.69, 9.17) is 4.74 Å². The normalized spacial score (nSPS) is 11.8. The number of benzene rings is 2. The molecule has 1 amide bonds. The largest absolute Gasteiger partial charge is 0.508 e. The van der Waals surface area contributed by atoms with Crippen LogP contribution in [0.4, 0.5) is 0 Å². The molecule has 0 aliphatic heterocycles. The molecule has 0 spiro atoms. The minimum atomic E-state index is -0.808. The fourth-order valence-corrected chi connectivity index (χ4v) is 2.39. The number of amides is 1. The minimum Gasteiger partial charge on any atom is -0.508 e. The van der Waals surface area contributed by atoms with Gasteiger partial charge in [-0.05, 0) is 31.0 Å². The maximum absolute atomic E-state index is 11.9. The first-order valence-corrected chi connectivity index (χ1v) is 7.88. The van der Waals surface area contributed by atoms with Crippen LogP contribution in [0, 0.1) is 13.8 Å². The molecule has 1 atom stereocenters. The lowest BCUT2D eigenvalue weighted by atomic mass is 10.1. The van der Waals surface area contributed by atoms with Crippen molar-refractivity contribution in [1.82, 2.24) is 5.32 Å². The molecule has 3 N–H and O–H groups in total. The third-order valence-electron chi connectivity index (χ3n) is 3.71. The molecular formula is C19H23NO4. The topological polar surface area (TPSA) is 78.8 Å². The standard InChI is InChI=1S/C19H23NO4/c1-13-6-5-7-14(2)19(13)24-12-16(21)11-20-18(23)10-15-8-3-4-9-17(15)22/h3-9,16,21-22H,10-12H2,1-2H3,(H,20,23). The van der Waals surface area contributed by atoms with Crippen molar-refractivity contribution in [3.63, 3.8) is 0 Å². The summed E-state index contributed by atoms with van der Waals surface area (Å²) in [4.78, 5) is 11.9. The van der Waals surface area contributed by atoms with Gasteiger partial charge in [-0.25, -0.2) is 0 Å². The summed E-state index contributed by atoms with van der Waals surface area (Å²) in [6.45, 7) is 4.09. The summed E-state index contributed by atoms with van der Waals surface area (Å²) in [5, 5.41) is 22.3. The second-order valence-electron chi connectivity index (χ2n) is 5.80. The van der Waals surface area contributed by atoms with Gasteiger partial charge < -0.3 is 20.3 Å². The molecule has 0 aliphatic rings. The fraction of sp³-hybridized carbons (Fsp3) is 0.316. The monoisotopic (exact) mass is 329 g/mol. The average molecular weight is 329 g/mol. The molecular weight excluding hydrogens is 306 g/mol. The third kappa shape index (κ3) is 4.99. The first kappa shape index (κ1) is 17.8. The number of phenols is 1. The van der Waals surface area contributed by atoms with Crippen LogP contribution in [0.5, 0.6) is 11.5 Å². The Morgan fingerprint density at radius 1 is 1.12 bits per heavy atom. The lowest BCUT2D eigenvalue weighted by Crippen LogP contribution is -2.36. The van der Waals surface area contributed by atoms with Gasteiger partial charge >= 0.3 is 0 Å². The smallest absolute Gasteiger partial charge is 0.224 e. The lowest BCUT2D eigenvalue weighted by Gasteiger charge is -2.16. The molecule has 0 heterocycles. The van der Waals surface area contributed by atoms with Gasteiger partial charge in [-0.3, -0.25) is 4.79 Å². The van der Waals surface area contributed by atoms with Crippen LogP contribution in [-0.4, -0.2) is 35.4 Å². The van der Waals surface area contributed by atoms with E-state index in [1.54, 1.807) is 18.2 Å². The van der Waals surface area contributed by atoms with Crippen molar-refractivity contribution in [2.24, 2.45) is 0 Å². The molecule has 2 rings (SSSR count). The van der Waals surface area contributed by atoms with Crippen molar-refractivity contribution in [2.45, 2.75) is 26.4 Å². The molecule has 0 bridgehead atoms. The predicted octanol–water partition coefficient (Wildman–Crippen LogP) is 2.11. The van der Waals surface area contributed by atoms with Crippen LogP contribution in [0.25, 0.3) is 0 Å². The summed E-state index contributed by atoms with van der Waals surface area (Å²) < 4.78 is 5.66. The van der Waals surface area contributed by atoms with Gasteiger partial charge in [0.15, 0.2) is 0 Å². The molecule has 5 nitrogen and oxygen atoms in total. The van der Waals surface area contributed by atoms with Crippen LogP contribution in [0.3, 0.4) is 0 Å². The molecule has 0 fully saturated rings. The van der Waals surface area contributed by atoms with Crippen LogP contribution < -0.4 is 10.1 Å².